The van der Waals surface area contributed by atoms with Crippen LogP contribution in [0, 0.1) is 0 Å². The maximum atomic E-state index is 12.1. The Kier molecular flexibility index (Phi) is 7.11. The van der Waals surface area contributed by atoms with E-state index in [-0.39, 0.29) is 5.75 Å². The van der Waals surface area contributed by atoms with Gasteiger partial charge in [-0.15, -0.1) is 0 Å². The van der Waals surface area contributed by atoms with Crippen molar-refractivity contribution in [3.8, 4) is 5.75 Å². The lowest BCUT2D eigenvalue weighted by Gasteiger charge is -2.10. The second-order valence-electron chi connectivity index (χ2n) is 4.75. The Morgan fingerprint density at radius 2 is 1.95 bits per heavy atom. The predicted octanol–water partition coefficient (Wildman–Crippen LogP) is 1.66. The van der Waals surface area contributed by atoms with Crippen molar-refractivity contribution < 1.29 is 26.3 Å². The zero-order valence-corrected chi connectivity index (χ0v) is 12.9. The highest BCUT2D eigenvalue weighted by Crippen LogP contribution is 2.19. The number of hydrogen-bond acceptors (Lipinski definition) is 4. The molecule has 0 aliphatic rings. The summed E-state index contributed by atoms with van der Waals surface area (Å²) >= 11 is 0. The lowest BCUT2D eigenvalue weighted by Crippen LogP contribution is -2.26. The monoisotopic (exact) mass is 340 g/mol. The number of hydrogen-bond donors (Lipinski definition) is 2. The van der Waals surface area contributed by atoms with Gasteiger partial charge in [0.2, 0.25) is 10.0 Å². The van der Waals surface area contributed by atoms with Crippen LogP contribution in [0.25, 0.3) is 0 Å². The minimum absolute atomic E-state index is 0.162. The lowest BCUT2D eigenvalue weighted by atomic mass is 10.2. The van der Waals surface area contributed by atoms with Crippen LogP contribution < -0.4 is 14.8 Å². The molecular weight excluding hydrogens is 321 g/mol. The zero-order chi connectivity index (χ0) is 16.6. The first-order valence-electron chi connectivity index (χ1n) is 6.59. The summed E-state index contributed by atoms with van der Waals surface area (Å²) in [5, 5.41) is 3.07. The fourth-order valence-electron chi connectivity index (χ4n) is 1.61. The molecule has 0 saturated heterocycles. The van der Waals surface area contributed by atoms with Crippen LogP contribution in [-0.2, 0) is 16.6 Å². The van der Waals surface area contributed by atoms with E-state index in [0.29, 0.717) is 26.1 Å². The van der Waals surface area contributed by atoms with Gasteiger partial charge in [0.05, 0.1) is 6.26 Å². The first kappa shape index (κ1) is 18.7. The Balaban J connectivity index is 2.28. The lowest BCUT2D eigenvalue weighted by molar-refractivity contribution is -0.153. The van der Waals surface area contributed by atoms with Gasteiger partial charge < -0.3 is 10.1 Å². The Morgan fingerprint density at radius 1 is 1.23 bits per heavy atom. The average molecular weight is 340 g/mol. The zero-order valence-electron chi connectivity index (χ0n) is 12.1. The van der Waals surface area contributed by atoms with Gasteiger partial charge in [0.15, 0.2) is 6.61 Å². The van der Waals surface area contributed by atoms with Gasteiger partial charge in [-0.3, -0.25) is 0 Å². The first-order chi connectivity index (χ1) is 10.2. The summed E-state index contributed by atoms with van der Waals surface area (Å²) in [5.74, 6) is 0.162. The number of sulfonamides is 1. The molecule has 0 bridgehead atoms. The standard InChI is InChI=1S/C13H19F3N2O3S/c1-22(19,20)18-7-3-6-17-9-11-4-2-5-12(8-11)21-10-13(14,15)16/h2,4-5,8,17-18H,3,6-7,9-10H2,1H3. The molecule has 1 rings (SSSR count). The number of nitrogens with one attached hydrogen (secondary N) is 2. The van der Waals surface area contributed by atoms with Gasteiger partial charge in [0, 0.05) is 13.1 Å². The maximum Gasteiger partial charge on any atom is 0.422 e. The minimum atomic E-state index is -4.36. The third-order valence-corrected chi connectivity index (χ3v) is 3.25. The molecule has 9 heteroatoms. The molecule has 0 aromatic heterocycles. The molecule has 0 heterocycles. The molecule has 1 aromatic rings. The van der Waals surface area contributed by atoms with E-state index in [2.05, 4.69) is 14.8 Å². The van der Waals surface area contributed by atoms with Crippen LogP contribution in [0.3, 0.4) is 0 Å². The molecule has 0 unspecified atom stereocenters. The average Bonchev–Trinajstić information content (AvgIpc) is 2.39. The molecule has 0 radical (unpaired) electrons. The van der Waals surface area contributed by atoms with E-state index < -0.39 is 22.8 Å². The number of benzene rings is 1. The largest absolute Gasteiger partial charge is 0.484 e. The molecule has 0 fully saturated rings. The molecule has 22 heavy (non-hydrogen) atoms. The third kappa shape index (κ3) is 9.59. The van der Waals surface area contributed by atoms with E-state index in [1.54, 1.807) is 12.1 Å². The molecular formula is C13H19F3N2O3S. The summed E-state index contributed by atoms with van der Waals surface area (Å²) in [6, 6.07) is 6.38. The number of alkyl halides is 3. The number of rotatable bonds is 9. The fourth-order valence-corrected chi connectivity index (χ4v) is 2.13. The quantitative estimate of drug-likeness (QED) is 0.671. The van der Waals surface area contributed by atoms with E-state index in [4.69, 9.17) is 0 Å². The second kappa shape index (κ2) is 8.35. The second-order valence-corrected chi connectivity index (χ2v) is 6.58. The Labute approximate surface area is 127 Å². The van der Waals surface area contributed by atoms with Gasteiger partial charge in [-0.25, -0.2) is 13.1 Å². The van der Waals surface area contributed by atoms with Crippen molar-refractivity contribution in [1.82, 2.24) is 10.0 Å². The summed E-state index contributed by atoms with van der Waals surface area (Å²) in [7, 11) is -3.17. The van der Waals surface area contributed by atoms with Gasteiger partial charge in [0.1, 0.15) is 5.75 Å². The van der Waals surface area contributed by atoms with Gasteiger partial charge in [-0.1, -0.05) is 12.1 Å². The minimum Gasteiger partial charge on any atom is -0.484 e. The molecule has 1 aromatic carbocycles. The molecule has 5 nitrogen and oxygen atoms in total. The van der Waals surface area contributed by atoms with Crippen molar-refractivity contribution in [2.24, 2.45) is 0 Å². The molecule has 0 amide bonds. The first-order valence-corrected chi connectivity index (χ1v) is 8.49. The summed E-state index contributed by atoms with van der Waals surface area (Å²) in [5.41, 5.74) is 0.788. The maximum absolute atomic E-state index is 12.1. The van der Waals surface area contributed by atoms with Crippen molar-refractivity contribution >= 4 is 10.0 Å². The van der Waals surface area contributed by atoms with E-state index in [1.165, 1.54) is 12.1 Å². The smallest absolute Gasteiger partial charge is 0.422 e. The van der Waals surface area contributed by atoms with Crippen LogP contribution in [0.15, 0.2) is 24.3 Å². The number of halogens is 3. The van der Waals surface area contributed by atoms with Crippen molar-refractivity contribution in [3.05, 3.63) is 29.8 Å². The molecule has 0 atom stereocenters. The Morgan fingerprint density at radius 3 is 2.59 bits per heavy atom. The summed E-state index contributed by atoms with van der Waals surface area (Å²) in [4.78, 5) is 0. The molecule has 0 aliphatic carbocycles. The van der Waals surface area contributed by atoms with E-state index in [1.807, 2.05) is 0 Å². The molecule has 0 aliphatic heterocycles. The highest BCUT2D eigenvalue weighted by Gasteiger charge is 2.28. The van der Waals surface area contributed by atoms with Crippen LogP contribution in [0.1, 0.15) is 12.0 Å². The van der Waals surface area contributed by atoms with Crippen molar-refractivity contribution in [3.63, 3.8) is 0 Å². The molecule has 0 spiro atoms. The predicted molar refractivity (Wildman–Crippen MR) is 77.2 cm³/mol. The van der Waals surface area contributed by atoms with Crippen molar-refractivity contribution in [2.45, 2.75) is 19.1 Å². The van der Waals surface area contributed by atoms with Crippen LogP contribution in [0.4, 0.5) is 13.2 Å². The van der Waals surface area contributed by atoms with Crippen molar-refractivity contribution in [1.29, 1.82) is 0 Å². The highest BCUT2D eigenvalue weighted by atomic mass is 32.2. The third-order valence-electron chi connectivity index (χ3n) is 2.52. The van der Waals surface area contributed by atoms with E-state index in [9.17, 15) is 21.6 Å². The summed E-state index contributed by atoms with van der Waals surface area (Å²) in [6.07, 6.45) is -2.66. The normalized spacial score (nSPS) is 12.4. The highest BCUT2D eigenvalue weighted by molar-refractivity contribution is 7.88. The van der Waals surface area contributed by atoms with Crippen LogP contribution in [0.5, 0.6) is 5.75 Å². The topological polar surface area (TPSA) is 67.4 Å². The van der Waals surface area contributed by atoms with Crippen LogP contribution >= 0.6 is 0 Å². The van der Waals surface area contributed by atoms with Crippen LogP contribution in [-0.4, -0.2) is 40.5 Å². The van der Waals surface area contributed by atoms with Crippen LogP contribution in [0.2, 0.25) is 0 Å². The summed E-state index contributed by atoms with van der Waals surface area (Å²) in [6.45, 7) is 0.0554. The molecule has 2 N–H and O–H groups in total. The molecule has 0 saturated carbocycles. The van der Waals surface area contributed by atoms with Gasteiger partial charge in [-0.05, 0) is 30.7 Å². The van der Waals surface area contributed by atoms with Gasteiger partial charge in [-0.2, -0.15) is 13.2 Å². The van der Waals surface area contributed by atoms with E-state index in [0.717, 1.165) is 11.8 Å². The van der Waals surface area contributed by atoms with Gasteiger partial charge in [0.25, 0.3) is 0 Å². The van der Waals surface area contributed by atoms with Crippen molar-refractivity contribution in [2.75, 3.05) is 26.0 Å². The van der Waals surface area contributed by atoms with Gasteiger partial charge >= 0.3 is 6.18 Å². The fraction of sp³-hybridized carbons (Fsp3) is 0.538. The Hall–Kier alpha value is -1.32. The summed E-state index contributed by atoms with van der Waals surface area (Å²) < 4.78 is 64.9. The SMILES string of the molecule is CS(=O)(=O)NCCCNCc1cccc(OCC(F)(F)F)c1. The number of ether oxygens (including phenoxy) is 1. The molecule has 126 valence electrons. The van der Waals surface area contributed by atoms with E-state index >= 15 is 0 Å². The Bertz CT molecular complexity index is 562.